The number of alkyl halides is 3. The zero-order chi connectivity index (χ0) is 20.0. The van der Waals surface area contributed by atoms with E-state index in [0.717, 1.165) is 17.7 Å². The third kappa shape index (κ3) is 6.10. The molecule has 27 heavy (non-hydrogen) atoms. The van der Waals surface area contributed by atoms with Crippen LogP contribution in [0.3, 0.4) is 0 Å². The van der Waals surface area contributed by atoms with Crippen molar-refractivity contribution < 1.29 is 27.5 Å². The minimum atomic E-state index is -4.60. The Morgan fingerprint density at radius 2 is 1.78 bits per heavy atom. The first-order valence-corrected chi connectivity index (χ1v) is 8.12. The molecule has 2 aromatic rings. The standard InChI is InChI=1S/C19H19F3N2O3/c1-12-6-5-7-14(10-12)23-17(25)11-27-13(2)18(26)24-16-9-4-3-8-15(16)19(20,21)22/h3-10,13H,11H2,1-2H3,(H,23,25)(H,24,26). The molecule has 1 unspecified atom stereocenters. The van der Waals surface area contributed by atoms with E-state index in [-0.39, 0.29) is 5.69 Å². The number of hydrogen-bond acceptors (Lipinski definition) is 3. The van der Waals surface area contributed by atoms with Crippen LogP contribution in [0.2, 0.25) is 0 Å². The molecule has 0 heterocycles. The minimum Gasteiger partial charge on any atom is -0.359 e. The normalized spacial score (nSPS) is 12.3. The fourth-order valence-electron chi connectivity index (χ4n) is 2.27. The molecule has 144 valence electrons. The molecule has 0 aliphatic carbocycles. The van der Waals surface area contributed by atoms with Crippen molar-refractivity contribution >= 4 is 23.2 Å². The summed E-state index contributed by atoms with van der Waals surface area (Å²) in [6.07, 6.45) is -5.71. The van der Waals surface area contributed by atoms with E-state index in [0.29, 0.717) is 5.69 Å². The van der Waals surface area contributed by atoms with Crippen LogP contribution in [0.1, 0.15) is 18.1 Å². The number of halogens is 3. The Kier molecular flexibility index (Phi) is 6.57. The van der Waals surface area contributed by atoms with Crippen LogP contribution in [0.15, 0.2) is 48.5 Å². The van der Waals surface area contributed by atoms with Gasteiger partial charge < -0.3 is 15.4 Å². The van der Waals surface area contributed by atoms with Crippen LogP contribution in [0, 0.1) is 6.92 Å². The van der Waals surface area contributed by atoms with Crippen molar-refractivity contribution in [1.29, 1.82) is 0 Å². The van der Waals surface area contributed by atoms with Crippen LogP contribution in [0.5, 0.6) is 0 Å². The maximum atomic E-state index is 13.0. The quantitative estimate of drug-likeness (QED) is 0.796. The molecular formula is C19H19F3N2O3. The molecule has 8 heteroatoms. The third-order valence-electron chi connectivity index (χ3n) is 3.63. The van der Waals surface area contributed by atoms with Crippen molar-refractivity contribution in [2.75, 3.05) is 17.2 Å². The molecule has 1 atom stereocenters. The maximum Gasteiger partial charge on any atom is 0.418 e. The maximum absolute atomic E-state index is 13.0. The van der Waals surface area contributed by atoms with Crippen LogP contribution in [0.25, 0.3) is 0 Å². The van der Waals surface area contributed by atoms with Gasteiger partial charge in [0.25, 0.3) is 5.91 Å². The number of benzene rings is 2. The van der Waals surface area contributed by atoms with Gasteiger partial charge in [-0.05, 0) is 43.7 Å². The second-order valence-electron chi connectivity index (χ2n) is 5.90. The highest BCUT2D eigenvalue weighted by atomic mass is 19.4. The second kappa shape index (κ2) is 8.68. The van der Waals surface area contributed by atoms with Crippen molar-refractivity contribution in [3.63, 3.8) is 0 Å². The van der Waals surface area contributed by atoms with Gasteiger partial charge in [0.15, 0.2) is 0 Å². The molecule has 0 saturated carbocycles. The summed E-state index contributed by atoms with van der Waals surface area (Å²) >= 11 is 0. The van der Waals surface area contributed by atoms with Gasteiger partial charge in [0, 0.05) is 5.69 Å². The molecule has 2 amide bonds. The van der Waals surface area contributed by atoms with Crippen LogP contribution < -0.4 is 10.6 Å². The van der Waals surface area contributed by atoms with Gasteiger partial charge in [-0.2, -0.15) is 13.2 Å². The number of aryl methyl sites for hydroxylation is 1. The first-order valence-electron chi connectivity index (χ1n) is 8.12. The predicted octanol–water partition coefficient (Wildman–Crippen LogP) is 4.00. The molecule has 0 aliphatic rings. The highest BCUT2D eigenvalue weighted by Gasteiger charge is 2.33. The fourth-order valence-corrected chi connectivity index (χ4v) is 2.27. The van der Waals surface area contributed by atoms with Crippen molar-refractivity contribution in [2.45, 2.75) is 26.1 Å². The number of ether oxygens (including phenoxy) is 1. The first kappa shape index (κ1) is 20.4. The molecule has 0 radical (unpaired) electrons. The van der Waals surface area contributed by atoms with E-state index in [4.69, 9.17) is 4.74 Å². The zero-order valence-electron chi connectivity index (χ0n) is 14.8. The van der Waals surface area contributed by atoms with Crippen molar-refractivity contribution in [3.05, 3.63) is 59.7 Å². The lowest BCUT2D eigenvalue weighted by molar-refractivity contribution is -0.137. The number of anilines is 2. The third-order valence-corrected chi connectivity index (χ3v) is 3.63. The highest BCUT2D eigenvalue weighted by molar-refractivity contribution is 5.95. The van der Waals surface area contributed by atoms with Gasteiger partial charge in [0.1, 0.15) is 12.7 Å². The Balaban J connectivity index is 1.90. The van der Waals surface area contributed by atoms with Crippen molar-refractivity contribution in [3.8, 4) is 0 Å². The van der Waals surface area contributed by atoms with Gasteiger partial charge in [-0.25, -0.2) is 0 Å². The summed E-state index contributed by atoms with van der Waals surface area (Å²) in [5, 5.41) is 4.79. The molecule has 2 N–H and O–H groups in total. The van der Waals surface area contributed by atoms with Gasteiger partial charge >= 0.3 is 6.18 Å². The summed E-state index contributed by atoms with van der Waals surface area (Å²) in [5.41, 5.74) is 0.224. The molecule has 0 fully saturated rings. The number of rotatable bonds is 6. The molecule has 0 aliphatic heterocycles. The number of carbonyl (C=O) groups is 2. The Hall–Kier alpha value is -2.87. The smallest absolute Gasteiger partial charge is 0.359 e. The van der Waals surface area contributed by atoms with Gasteiger partial charge in [0.05, 0.1) is 11.3 Å². The summed E-state index contributed by atoms with van der Waals surface area (Å²) in [6.45, 7) is 2.81. The van der Waals surface area contributed by atoms with E-state index in [9.17, 15) is 22.8 Å². The summed E-state index contributed by atoms with van der Waals surface area (Å²) in [5.74, 6) is -1.26. The predicted molar refractivity (Wildman–Crippen MR) is 95.3 cm³/mol. The van der Waals surface area contributed by atoms with Gasteiger partial charge in [-0.3, -0.25) is 9.59 Å². The monoisotopic (exact) mass is 380 g/mol. The van der Waals surface area contributed by atoms with E-state index in [1.54, 1.807) is 18.2 Å². The summed E-state index contributed by atoms with van der Waals surface area (Å²) < 4.78 is 44.0. The molecule has 0 saturated heterocycles. The van der Waals surface area contributed by atoms with Crippen LogP contribution >= 0.6 is 0 Å². The summed E-state index contributed by atoms with van der Waals surface area (Å²) in [6, 6.07) is 11.8. The first-order chi connectivity index (χ1) is 12.7. The number of amides is 2. The number of hydrogen-bond donors (Lipinski definition) is 2. The number of para-hydroxylation sites is 1. The highest BCUT2D eigenvalue weighted by Crippen LogP contribution is 2.34. The largest absolute Gasteiger partial charge is 0.418 e. The molecule has 5 nitrogen and oxygen atoms in total. The number of nitrogens with one attached hydrogen (secondary N) is 2. The van der Waals surface area contributed by atoms with E-state index in [1.807, 2.05) is 13.0 Å². The van der Waals surface area contributed by atoms with Gasteiger partial charge in [0.2, 0.25) is 5.91 Å². The van der Waals surface area contributed by atoms with E-state index < -0.39 is 36.3 Å². The Morgan fingerprint density at radius 3 is 2.44 bits per heavy atom. The number of carbonyl (C=O) groups excluding carboxylic acids is 2. The molecule has 2 rings (SSSR count). The van der Waals surface area contributed by atoms with Crippen LogP contribution in [-0.4, -0.2) is 24.5 Å². The topological polar surface area (TPSA) is 67.4 Å². The van der Waals surface area contributed by atoms with Crippen molar-refractivity contribution in [1.82, 2.24) is 0 Å². The minimum absolute atomic E-state index is 0.366. The Labute approximate surface area is 154 Å². The van der Waals surface area contributed by atoms with Crippen LogP contribution in [0.4, 0.5) is 24.5 Å². The Bertz CT molecular complexity index is 822. The van der Waals surface area contributed by atoms with E-state index in [2.05, 4.69) is 10.6 Å². The molecular weight excluding hydrogens is 361 g/mol. The average molecular weight is 380 g/mol. The van der Waals surface area contributed by atoms with Crippen LogP contribution in [-0.2, 0) is 20.5 Å². The van der Waals surface area contributed by atoms with Gasteiger partial charge in [-0.1, -0.05) is 24.3 Å². The SMILES string of the molecule is Cc1cccc(NC(=O)COC(C)C(=O)Nc2ccccc2C(F)(F)F)c1. The molecule has 2 aromatic carbocycles. The second-order valence-corrected chi connectivity index (χ2v) is 5.90. The molecule has 0 bridgehead atoms. The average Bonchev–Trinajstić information content (AvgIpc) is 2.59. The lowest BCUT2D eigenvalue weighted by Crippen LogP contribution is -2.31. The van der Waals surface area contributed by atoms with E-state index in [1.165, 1.54) is 19.1 Å². The fraction of sp³-hybridized carbons (Fsp3) is 0.263. The zero-order valence-corrected chi connectivity index (χ0v) is 14.8. The summed E-state index contributed by atoms with van der Waals surface area (Å²) in [7, 11) is 0. The van der Waals surface area contributed by atoms with E-state index >= 15 is 0 Å². The lowest BCUT2D eigenvalue weighted by Gasteiger charge is -2.16. The van der Waals surface area contributed by atoms with Crippen molar-refractivity contribution in [2.24, 2.45) is 0 Å². The van der Waals surface area contributed by atoms with Gasteiger partial charge in [-0.15, -0.1) is 0 Å². The molecule has 0 aromatic heterocycles. The molecule has 0 spiro atoms. The summed E-state index contributed by atoms with van der Waals surface area (Å²) in [4.78, 5) is 24.0. The lowest BCUT2D eigenvalue weighted by atomic mass is 10.1. The Morgan fingerprint density at radius 1 is 1.07 bits per heavy atom.